The lowest BCUT2D eigenvalue weighted by atomic mass is 10.3. The molecule has 0 unspecified atom stereocenters. The van der Waals surface area contributed by atoms with Crippen LogP contribution in [0.3, 0.4) is 0 Å². The number of hydrogen-bond acceptors (Lipinski definition) is 6. The molecule has 2 aliphatic rings. The van der Waals surface area contributed by atoms with E-state index in [4.69, 9.17) is 9.47 Å². The minimum absolute atomic E-state index is 0.166. The second-order valence-electron chi connectivity index (χ2n) is 7.37. The Morgan fingerprint density at radius 2 is 1.87 bits per heavy atom. The first-order valence-electron chi connectivity index (χ1n) is 9.73. The predicted octanol–water partition coefficient (Wildman–Crippen LogP) is 1.69. The molecule has 0 saturated carbocycles. The number of aromatic nitrogens is 2. The van der Waals surface area contributed by atoms with Gasteiger partial charge in [-0.05, 0) is 32.4 Å². The molecule has 11 heteroatoms. The maximum Gasteiger partial charge on any atom is 0.321 e. The summed E-state index contributed by atoms with van der Waals surface area (Å²) < 4.78 is 40.0. The largest absolute Gasteiger partial charge is 0.454 e. The van der Waals surface area contributed by atoms with Gasteiger partial charge in [-0.2, -0.15) is 9.40 Å². The number of aryl methyl sites for hydroxylation is 2. The Kier molecular flexibility index (Phi) is 5.33. The number of carbonyl (C=O) groups is 1. The molecule has 1 N–H and O–H groups in total. The van der Waals surface area contributed by atoms with Crippen LogP contribution >= 0.6 is 0 Å². The maximum atomic E-state index is 13.2. The number of ether oxygens (including phenoxy) is 2. The molecule has 2 amide bonds. The number of rotatable bonds is 3. The summed E-state index contributed by atoms with van der Waals surface area (Å²) in [6.07, 6.45) is 0.548. The molecular formula is C19H25N5O5S. The summed E-state index contributed by atoms with van der Waals surface area (Å²) in [5.41, 5.74) is 1.69. The number of nitrogens with one attached hydrogen (secondary N) is 1. The zero-order valence-electron chi connectivity index (χ0n) is 17.2. The van der Waals surface area contributed by atoms with Gasteiger partial charge in [0.25, 0.3) is 0 Å². The van der Waals surface area contributed by atoms with Gasteiger partial charge in [0.15, 0.2) is 11.5 Å². The average Bonchev–Trinajstić information content (AvgIpc) is 3.14. The molecule has 2 aromatic rings. The summed E-state index contributed by atoms with van der Waals surface area (Å²) in [6.45, 7) is 4.95. The van der Waals surface area contributed by atoms with Crippen molar-refractivity contribution < 1.29 is 22.7 Å². The lowest BCUT2D eigenvalue weighted by molar-refractivity contribution is 0.174. The molecule has 3 heterocycles. The van der Waals surface area contributed by atoms with Crippen LogP contribution in [0.15, 0.2) is 23.1 Å². The summed E-state index contributed by atoms with van der Waals surface area (Å²) >= 11 is 0. The molecule has 0 aliphatic carbocycles. The number of fused-ring (bicyclic) bond motifs is 1. The van der Waals surface area contributed by atoms with E-state index in [1.165, 1.54) is 4.31 Å². The highest BCUT2D eigenvalue weighted by atomic mass is 32.2. The van der Waals surface area contributed by atoms with Gasteiger partial charge in [0.05, 0.1) is 11.4 Å². The van der Waals surface area contributed by atoms with Gasteiger partial charge in [-0.25, -0.2) is 13.2 Å². The summed E-state index contributed by atoms with van der Waals surface area (Å²) in [7, 11) is -1.95. The first-order chi connectivity index (χ1) is 14.3. The SMILES string of the molecule is Cc1nn(C)c(C)c1S(=O)(=O)N1CCCN(C(=O)Nc2ccc3c(c2)OCO3)CC1. The van der Waals surface area contributed by atoms with Crippen molar-refractivity contribution in [3.8, 4) is 11.5 Å². The Bertz CT molecular complexity index is 1080. The van der Waals surface area contributed by atoms with Crippen LogP contribution in [0.25, 0.3) is 0 Å². The molecule has 0 bridgehead atoms. The van der Waals surface area contributed by atoms with E-state index in [0.29, 0.717) is 54.6 Å². The molecule has 30 heavy (non-hydrogen) atoms. The zero-order chi connectivity index (χ0) is 21.5. The Labute approximate surface area is 175 Å². The van der Waals surface area contributed by atoms with Crippen molar-refractivity contribution >= 4 is 21.7 Å². The van der Waals surface area contributed by atoms with Gasteiger partial charge in [0.2, 0.25) is 16.8 Å². The van der Waals surface area contributed by atoms with Gasteiger partial charge in [0, 0.05) is 45.0 Å². The van der Waals surface area contributed by atoms with Crippen molar-refractivity contribution in [3.63, 3.8) is 0 Å². The Morgan fingerprint density at radius 3 is 2.60 bits per heavy atom. The van der Waals surface area contributed by atoms with Crippen molar-refractivity contribution in [2.45, 2.75) is 25.2 Å². The Balaban J connectivity index is 1.44. The van der Waals surface area contributed by atoms with Crippen LogP contribution in [0.4, 0.5) is 10.5 Å². The van der Waals surface area contributed by atoms with Crippen molar-refractivity contribution in [1.29, 1.82) is 0 Å². The fraction of sp³-hybridized carbons (Fsp3) is 0.474. The van der Waals surface area contributed by atoms with E-state index in [1.54, 1.807) is 48.7 Å². The van der Waals surface area contributed by atoms with Gasteiger partial charge in [-0.1, -0.05) is 0 Å². The second-order valence-corrected chi connectivity index (χ2v) is 9.24. The van der Waals surface area contributed by atoms with Crippen molar-refractivity contribution in [2.75, 3.05) is 38.3 Å². The highest BCUT2D eigenvalue weighted by molar-refractivity contribution is 7.89. The molecule has 1 saturated heterocycles. The Hall–Kier alpha value is -2.79. The minimum Gasteiger partial charge on any atom is -0.454 e. The molecule has 2 aliphatic heterocycles. The highest BCUT2D eigenvalue weighted by Crippen LogP contribution is 2.34. The lowest BCUT2D eigenvalue weighted by Crippen LogP contribution is -2.39. The van der Waals surface area contributed by atoms with Crippen LogP contribution < -0.4 is 14.8 Å². The third-order valence-electron chi connectivity index (χ3n) is 5.41. The standard InChI is InChI=1S/C19H25N5O5S/c1-13-18(14(2)22(3)21-13)30(26,27)24-8-4-7-23(9-10-24)19(25)20-15-5-6-16-17(11-15)29-12-28-16/h5-6,11H,4,7-10,12H2,1-3H3,(H,20,25). The highest BCUT2D eigenvalue weighted by Gasteiger charge is 2.32. The van der Waals surface area contributed by atoms with Gasteiger partial charge >= 0.3 is 6.03 Å². The molecular weight excluding hydrogens is 410 g/mol. The van der Waals surface area contributed by atoms with Crippen LogP contribution in [0.1, 0.15) is 17.8 Å². The quantitative estimate of drug-likeness (QED) is 0.787. The fourth-order valence-electron chi connectivity index (χ4n) is 3.77. The zero-order valence-corrected chi connectivity index (χ0v) is 18.0. The van der Waals surface area contributed by atoms with Gasteiger partial charge in [-0.3, -0.25) is 4.68 Å². The molecule has 1 aromatic heterocycles. The number of benzene rings is 1. The molecule has 4 rings (SSSR count). The number of hydrogen-bond donors (Lipinski definition) is 1. The number of sulfonamides is 1. The number of nitrogens with zero attached hydrogens (tertiary/aromatic N) is 4. The maximum absolute atomic E-state index is 13.2. The first-order valence-corrected chi connectivity index (χ1v) is 11.2. The third-order valence-corrected chi connectivity index (χ3v) is 7.56. The lowest BCUT2D eigenvalue weighted by Gasteiger charge is -2.22. The normalized spacial score (nSPS) is 17.1. The van der Waals surface area contributed by atoms with E-state index in [9.17, 15) is 13.2 Å². The Morgan fingerprint density at radius 1 is 1.10 bits per heavy atom. The smallest absolute Gasteiger partial charge is 0.321 e. The van der Waals surface area contributed by atoms with Crippen LogP contribution in [-0.2, 0) is 17.1 Å². The van der Waals surface area contributed by atoms with Crippen molar-refractivity contribution in [1.82, 2.24) is 19.0 Å². The monoisotopic (exact) mass is 435 g/mol. The average molecular weight is 436 g/mol. The number of amides is 2. The molecule has 1 aromatic carbocycles. The molecule has 162 valence electrons. The van der Waals surface area contributed by atoms with E-state index < -0.39 is 10.0 Å². The third kappa shape index (κ3) is 3.70. The fourth-order valence-corrected chi connectivity index (χ4v) is 5.64. The van der Waals surface area contributed by atoms with E-state index in [0.717, 1.165) is 0 Å². The van der Waals surface area contributed by atoms with Crippen LogP contribution in [-0.4, -0.2) is 66.4 Å². The summed E-state index contributed by atoms with van der Waals surface area (Å²) in [6, 6.07) is 4.92. The topological polar surface area (TPSA) is 106 Å². The number of urea groups is 1. The summed E-state index contributed by atoms with van der Waals surface area (Å²) in [5, 5.41) is 7.07. The predicted molar refractivity (Wildman–Crippen MR) is 109 cm³/mol. The molecule has 10 nitrogen and oxygen atoms in total. The van der Waals surface area contributed by atoms with Crippen LogP contribution in [0.2, 0.25) is 0 Å². The van der Waals surface area contributed by atoms with Gasteiger partial charge in [-0.15, -0.1) is 0 Å². The number of anilines is 1. The number of carbonyl (C=O) groups excluding carboxylic acids is 1. The molecule has 0 radical (unpaired) electrons. The molecule has 0 atom stereocenters. The van der Waals surface area contributed by atoms with Crippen molar-refractivity contribution in [3.05, 3.63) is 29.6 Å². The van der Waals surface area contributed by atoms with E-state index >= 15 is 0 Å². The van der Waals surface area contributed by atoms with Crippen LogP contribution in [0, 0.1) is 13.8 Å². The molecule has 1 fully saturated rings. The second kappa shape index (κ2) is 7.80. The summed E-state index contributed by atoms with van der Waals surface area (Å²) in [4.78, 5) is 14.6. The molecule has 0 spiro atoms. The first kappa shape index (κ1) is 20.5. The van der Waals surface area contributed by atoms with Gasteiger partial charge < -0.3 is 19.7 Å². The van der Waals surface area contributed by atoms with E-state index in [-0.39, 0.29) is 24.3 Å². The van der Waals surface area contributed by atoms with E-state index in [2.05, 4.69) is 10.4 Å². The van der Waals surface area contributed by atoms with E-state index in [1.807, 2.05) is 0 Å². The van der Waals surface area contributed by atoms with Crippen molar-refractivity contribution in [2.24, 2.45) is 7.05 Å². The van der Waals surface area contributed by atoms with Gasteiger partial charge in [0.1, 0.15) is 4.90 Å². The van der Waals surface area contributed by atoms with Crippen LogP contribution in [0.5, 0.6) is 11.5 Å². The minimum atomic E-state index is -3.68. The summed E-state index contributed by atoms with van der Waals surface area (Å²) in [5.74, 6) is 1.23.